The minimum atomic E-state index is -0.779. The Morgan fingerprint density at radius 3 is 2.79 bits per heavy atom. The molecule has 4 atom stereocenters. The van der Waals surface area contributed by atoms with Crippen LogP contribution in [-0.2, 0) is 19.1 Å². The maximum absolute atomic E-state index is 11.9. The number of hydrogen-bond acceptors (Lipinski definition) is 5. The highest BCUT2D eigenvalue weighted by Gasteiger charge is 2.47. The monoisotopic (exact) mass is 269 g/mol. The SMILES string of the molecule is CC[C@H]1O[C@@H](N2C=C(C)C(=O)CC2=O)[C@H](OC)[C@H]1O. The number of carbonyl (C=O) groups excluding carboxylic acids is 2. The summed E-state index contributed by atoms with van der Waals surface area (Å²) in [5.74, 6) is -0.507. The van der Waals surface area contributed by atoms with Gasteiger partial charge < -0.3 is 14.6 Å². The van der Waals surface area contributed by atoms with Crippen LogP contribution in [0.5, 0.6) is 0 Å². The Labute approximate surface area is 112 Å². The number of ketones is 1. The van der Waals surface area contributed by atoms with Crippen molar-refractivity contribution in [1.29, 1.82) is 0 Å². The molecule has 19 heavy (non-hydrogen) atoms. The lowest BCUT2D eigenvalue weighted by atomic mass is 10.0. The lowest BCUT2D eigenvalue weighted by Gasteiger charge is -2.31. The van der Waals surface area contributed by atoms with Gasteiger partial charge >= 0.3 is 0 Å². The predicted octanol–water partition coefficient (Wildman–Crippen LogP) is 0.202. The fraction of sp³-hybridized carbons (Fsp3) is 0.692. The molecule has 0 aromatic heterocycles. The van der Waals surface area contributed by atoms with Crippen molar-refractivity contribution in [2.75, 3.05) is 7.11 Å². The number of amides is 1. The first-order valence-corrected chi connectivity index (χ1v) is 6.38. The van der Waals surface area contributed by atoms with E-state index in [9.17, 15) is 14.7 Å². The second-order valence-electron chi connectivity index (χ2n) is 4.88. The highest BCUT2D eigenvalue weighted by molar-refractivity contribution is 6.09. The summed E-state index contributed by atoms with van der Waals surface area (Å²) in [5.41, 5.74) is 0.507. The number of ether oxygens (including phenoxy) is 2. The van der Waals surface area contributed by atoms with Gasteiger partial charge in [0.1, 0.15) is 12.2 Å². The summed E-state index contributed by atoms with van der Waals surface area (Å²) in [6.45, 7) is 3.55. The lowest BCUT2D eigenvalue weighted by molar-refractivity contribution is -0.149. The van der Waals surface area contributed by atoms with E-state index >= 15 is 0 Å². The summed E-state index contributed by atoms with van der Waals surface area (Å²) in [4.78, 5) is 24.8. The Kier molecular flexibility index (Phi) is 4.03. The van der Waals surface area contributed by atoms with Gasteiger partial charge in [0.25, 0.3) is 0 Å². The lowest BCUT2D eigenvalue weighted by Crippen LogP contribution is -2.47. The highest BCUT2D eigenvalue weighted by Crippen LogP contribution is 2.30. The van der Waals surface area contributed by atoms with E-state index in [1.807, 2.05) is 6.92 Å². The van der Waals surface area contributed by atoms with E-state index in [4.69, 9.17) is 9.47 Å². The molecule has 106 valence electrons. The van der Waals surface area contributed by atoms with E-state index in [0.29, 0.717) is 12.0 Å². The van der Waals surface area contributed by atoms with E-state index in [0.717, 1.165) is 0 Å². The van der Waals surface area contributed by atoms with Crippen molar-refractivity contribution >= 4 is 11.7 Å². The van der Waals surface area contributed by atoms with Gasteiger partial charge in [-0.25, -0.2) is 0 Å². The third kappa shape index (κ3) is 2.43. The molecule has 0 bridgehead atoms. The summed E-state index contributed by atoms with van der Waals surface area (Å²) < 4.78 is 10.9. The van der Waals surface area contributed by atoms with Gasteiger partial charge in [-0.05, 0) is 13.3 Å². The molecule has 2 aliphatic rings. The van der Waals surface area contributed by atoms with Crippen LogP contribution in [0.15, 0.2) is 11.8 Å². The zero-order chi connectivity index (χ0) is 14.2. The van der Waals surface area contributed by atoms with Gasteiger partial charge in [-0.15, -0.1) is 0 Å². The third-order valence-electron chi connectivity index (χ3n) is 3.63. The Bertz CT molecular complexity index is 419. The van der Waals surface area contributed by atoms with Gasteiger partial charge in [0.15, 0.2) is 12.0 Å². The van der Waals surface area contributed by atoms with Crippen LogP contribution < -0.4 is 0 Å². The van der Waals surface area contributed by atoms with Crippen molar-refractivity contribution in [3.05, 3.63) is 11.8 Å². The van der Waals surface area contributed by atoms with E-state index in [1.165, 1.54) is 18.2 Å². The van der Waals surface area contributed by atoms with E-state index < -0.39 is 18.4 Å². The molecule has 2 heterocycles. The molecule has 0 radical (unpaired) electrons. The largest absolute Gasteiger partial charge is 0.388 e. The summed E-state index contributed by atoms with van der Waals surface area (Å²) in [7, 11) is 1.47. The molecule has 0 spiro atoms. The highest BCUT2D eigenvalue weighted by atomic mass is 16.6. The minimum Gasteiger partial charge on any atom is -0.388 e. The second kappa shape index (κ2) is 5.40. The number of rotatable bonds is 3. The standard InChI is InChI=1S/C13H19NO5/c1-4-9-11(17)12(18-3)13(19-9)14-6-7(2)8(15)5-10(14)16/h6,9,11-13,17H,4-5H2,1-3H3/t9-,11+,12-,13-/m1/s1. The molecule has 0 aromatic carbocycles. The quantitative estimate of drug-likeness (QED) is 0.741. The third-order valence-corrected chi connectivity index (χ3v) is 3.63. The van der Waals surface area contributed by atoms with E-state index in [-0.39, 0.29) is 24.2 Å². The predicted molar refractivity (Wildman–Crippen MR) is 66.0 cm³/mol. The van der Waals surface area contributed by atoms with Crippen molar-refractivity contribution in [3.63, 3.8) is 0 Å². The molecular formula is C13H19NO5. The second-order valence-corrected chi connectivity index (χ2v) is 4.88. The molecule has 1 saturated heterocycles. The molecular weight excluding hydrogens is 250 g/mol. The van der Waals surface area contributed by atoms with Crippen molar-refractivity contribution < 1.29 is 24.2 Å². The molecule has 6 heteroatoms. The molecule has 1 amide bonds. The fourth-order valence-electron chi connectivity index (χ4n) is 2.47. The van der Waals surface area contributed by atoms with Gasteiger partial charge in [-0.1, -0.05) is 6.92 Å². The van der Waals surface area contributed by atoms with Gasteiger partial charge in [0, 0.05) is 18.9 Å². The maximum atomic E-state index is 11.9. The summed E-state index contributed by atoms with van der Waals surface area (Å²) in [5, 5.41) is 10.1. The van der Waals surface area contributed by atoms with Gasteiger partial charge in [-0.3, -0.25) is 14.5 Å². The molecule has 0 saturated carbocycles. The molecule has 1 fully saturated rings. The zero-order valence-electron chi connectivity index (χ0n) is 11.3. The summed E-state index contributed by atoms with van der Waals surface area (Å²) in [6, 6.07) is 0. The van der Waals surface area contributed by atoms with Crippen LogP contribution in [0.1, 0.15) is 26.7 Å². The topological polar surface area (TPSA) is 76.1 Å². The number of allylic oxidation sites excluding steroid dienone is 1. The van der Waals surface area contributed by atoms with Crippen LogP contribution in [0.3, 0.4) is 0 Å². The first-order valence-electron chi connectivity index (χ1n) is 6.38. The smallest absolute Gasteiger partial charge is 0.236 e. The molecule has 1 N–H and O–H groups in total. The molecule has 0 unspecified atom stereocenters. The minimum absolute atomic E-state index is 0.161. The Hall–Kier alpha value is -1.24. The number of aliphatic hydroxyl groups excluding tert-OH is 1. The van der Waals surface area contributed by atoms with Crippen LogP contribution in [-0.4, -0.2) is 53.3 Å². The van der Waals surface area contributed by atoms with Gasteiger partial charge in [0.05, 0.1) is 12.5 Å². The van der Waals surface area contributed by atoms with Crippen molar-refractivity contribution in [2.45, 2.75) is 51.2 Å². The summed E-state index contributed by atoms with van der Waals surface area (Å²) in [6.07, 6.45) is -0.484. The number of nitrogens with zero attached hydrogens (tertiary/aromatic N) is 1. The van der Waals surface area contributed by atoms with Gasteiger partial charge in [-0.2, -0.15) is 0 Å². The number of hydrogen-bond donors (Lipinski definition) is 1. The normalized spacial score (nSPS) is 35.8. The number of aliphatic hydroxyl groups is 1. The van der Waals surface area contributed by atoms with Crippen molar-refractivity contribution in [1.82, 2.24) is 4.90 Å². The van der Waals surface area contributed by atoms with Crippen molar-refractivity contribution in [2.24, 2.45) is 0 Å². The maximum Gasteiger partial charge on any atom is 0.236 e. The van der Waals surface area contributed by atoms with Crippen molar-refractivity contribution in [3.8, 4) is 0 Å². The van der Waals surface area contributed by atoms with E-state index in [1.54, 1.807) is 6.92 Å². The molecule has 2 rings (SSSR count). The van der Waals surface area contributed by atoms with Crippen LogP contribution in [0.2, 0.25) is 0 Å². The zero-order valence-corrected chi connectivity index (χ0v) is 11.3. The summed E-state index contributed by atoms with van der Waals surface area (Å²) >= 11 is 0. The average Bonchev–Trinajstić information content (AvgIpc) is 2.70. The fourth-order valence-corrected chi connectivity index (χ4v) is 2.47. The van der Waals surface area contributed by atoms with Crippen LogP contribution in [0.4, 0.5) is 0 Å². The number of Topliss-reactive ketones (excluding diaryl/α,β-unsaturated/α-hetero) is 1. The molecule has 0 aromatic rings. The van der Waals surface area contributed by atoms with Crippen LogP contribution >= 0.6 is 0 Å². The Balaban J connectivity index is 2.25. The Morgan fingerprint density at radius 2 is 2.21 bits per heavy atom. The molecule has 6 nitrogen and oxygen atoms in total. The van der Waals surface area contributed by atoms with E-state index in [2.05, 4.69) is 0 Å². The van der Waals surface area contributed by atoms with Crippen LogP contribution in [0, 0.1) is 0 Å². The Morgan fingerprint density at radius 1 is 1.53 bits per heavy atom. The molecule has 0 aliphatic carbocycles. The average molecular weight is 269 g/mol. The van der Waals surface area contributed by atoms with Crippen LogP contribution in [0.25, 0.3) is 0 Å². The van der Waals surface area contributed by atoms with Gasteiger partial charge in [0.2, 0.25) is 5.91 Å². The first kappa shape index (κ1) is 14.2. The number of methoxy groups -OCH3 is 1. The first-order chi connectivity index (χ1) is 8.99. The molecule has 2 aliphatic heterocycles. The number of carbonyl (C=O) groups is 2.